The molecule has 1 N–H and O–H groups in total. The molecule has 0 bridgehead atoms. The van der Waals surface area contributed by atoms with Crippen LogP contribution >= 0.6 is 11.6 Å². The van der Waals surface area contributed by atoms with Crippen LogP contribution in [0.5, 0.6) is 0 Å². The molecule has 1 atom stereocenters. The van der Waals surface area contributed by atoms with Crippen LogP contribution in [0.3, 0.4) is 0 Å². The third-order valence-electron chi connectivity index (χ3n) is 4.63. The van der Waals surface area contributed by atoms with Gasteiger partial charge >= 0.3 is 0 Å². The first-order chi connectivity index (χ1) is 10.0. The van der Waals surface area contributed by atoms with Gasteiger partial charge in [0.2, 0.25) is 5.91 Å². The molecule has 5 heteroatoms. The molecule has 3 rings (SSSR count). The van der Waals surface area contributed by atoms with Crippen molar-refractivity contribution in [3.8, 4) is 0 Å². The Morgan fingerprint density at radius 2 is 2.10 bits per heavy atom. The fourth-order valence-corrected chi connectivity index (χ4v) is 3.59. The van der Waals surface area contributed by atoms with Gasteiger partial charge < -0.3 is 10.2 Å². The van der Waals surface area contributed by atoms with E-state index < -0.39 is 5.54 Å². The van der Waals surface area contributed by atoms with E-state index in [4.69, 9.17) is 11.6 Å². The zero-order valence-electron chi connectivity index (χ0n) is 12.1. The minimum Gasteiger partial charge on any atom is -0.354 e. The van der Waals surface area contributed by atoms with Crippen molar-refractivity contribution in [2.75, 3.05) is 13.1 Å². The lowest BCUT2D eigenvalue weighted by molar-refractivity contribution is -0.133. The predicted octanol–water partition coefficient (Wildman–Crippen LogP) is 2.53. The first kappa shape index (κ1) is 14.4. The Kier molecular flexibility index (Phi) is 3.66. The van der Waals surface area contributed by atoms with Crippen molar-refractivity contribution in [3.05, 3.63) is 34.3 Å². The number of aryl methyl sites for hydroxylation is 1. The summed E-state index contributed by atoms with van der Waals surface area (Å²) in [7, 11) is 0. The van der Waals surface area contributed by atoms with Crippen LogP contribution in [0.1, 0.15) is 41.6 Å². The average Bonchev–Trinajstić information content (AvgIpc) is 2.89. The van der Waals surface area contributed by atoms with Gasteiger partial charge in [0.15, 0.2) is 0 Å². The summed E-state index contributed by atoms with van der Waals surface area (Å²) in [6.45, 7) is 3.25. The number of carbonyl (C=O) groups is 2. The molecule has 2 fully saturated rings. The summed E-state index contributed by atoms with van der Waals surface area (Å²) in [6, 6.07) is 5.33. The average molecular weight is 307 g/mol. The maximum atomic E-state index is 12.8. The van der Waals surface area contributed by atoms with E-state index in [1.165, 1.54) is 0 Å². The van der Waals surface area contributed by atoms with Crippen molar-refractivity contribution in [1.82, 2.24) is 10.2 Å². The van der Waals surface area contributed by atoms with E-state index in [1.807, 2.05) is 13.0 Å². The van der Waals surface area contributed by atoms with Gasteiger partial charge in [-0.1, -0.05) is 17.7 Å². The summed E-state index contributed by atoms with van der Waals surface area (Å²) in [5.74, 6) is -0.0933. The highest BCUT2D eigenvalue weighted by Crippen LogP contribution is 2.37. The summed E-state index contributed by atoms with van der Waals surface area (Å²) in [5, 5.41) is 3.50. The van der Waals surface area contributed by atoms with E-state index >= 15 is 0 Å². The summed E-state index contributed by atoms with van der Waals surface area (Å²) < 4.78 is 0. The van der Waals surface area contributed by atoms with Gasteiger partial charge in [0, 0.05) is 23.7 Å². The van der Waals surface area contributed by atoms with E-state index in [-0.39, 0.29) is 11.8 Å². The molecule has 1 aromatic carbocycles. The smallest absolute Gasteiger partial charge is 0.254 e. The number of halogens is 1. The van der Waals surface area contributed by atoms with Crippen LogP contribution in [0.4, 0.5) is 0 Å². The number of hydrogen-bond donors (Lipinski definition) is 1. The lowest BCUT2D eigenvalue weighted by Gasteiger charge is -2.40. The lowest BCUT2D eigenvalue weighted by Crippen LogP contribution is -2.60. The second-order valence-electron chi connectivity index (χ2n) is 5.92. The third-order valence-corrected chi connectivity index (χ3v) is 5.04. The molecule has 112 valence electrons. The Hall–Kier alpha value is -1.55. The quantitative estimate of drug-likeness (QED) is 0.867. The normalized spacial score (nSPS) is 25.2. The third kappa shape index (κ3) is 2.31. The molecule has 2 aliphatic rings. The van der Waals surface area contributed by atoms with Crippen LogP contribution in [-0.2, 0) is 4.79 Å². The molecular weight excluding hydrogens is 288 g/mol. The number of nitrogens with one attached hydrogen (secondary N) is 1. The fraction of sp³-hybridized carbons (Fsp3) is 0.500. The molecule has 2 heterocycles. The molecule has 4 nitrogen and oxygen atoms in total. The van der Waals surface area contributed by atoms with Gasteiger partial charge in [0.1, 0.15) is 5.54 Å². The fourth-order valence-electron chi connectivity index (χ4n) is 3.41. The number of nitrogens with zero attached hydrogens (tertiary/aromatic N) is 1. The highest BCUT2D eigenvalue weighted by atomic mass is 35.5. The molecular formula is C16H19ClN2O2. The Morgan fingerprint density at radius 1 is 1.33 bits per heavy atom. The van der Waals surface area contributed by atoms with E-state index in [9.17, 15) is 9.59 Å². The first-order valence-electron chi connectivity index (χ1n) is 7.41. The van der Waals surface area contributed by atoms with Crippen LogP contribution in [0.2, 0.25) is 5.02 Å². The van der Waals surface area contributed by atoms with Crippen molar-refractivity contribution < 1.29 is 9.59 Å². The molecule has 2 saturated heterocycles. The van der Waals surface area contributed by atoms with Gasteiger partial charge in [-0.2, -0.15) is 0 Å². The van der Waals surface area contributed by atoms with Crippen LogP contribution in [0.15, 0.2) is 18.2 Å². The Bertz CT molecular complexity index is 602. The van der Waals surface area contributed by atoms with Crippen molar-refractivity contribution in [3.63, 3.8) is 0 Å². The zero-order valence-corrected chi connectivity index (χ0v) is 12.9. The summed E-state index contributed by atoms with van der Waals surface area (Å²) in [6.07, 6.45) is 3.30. The Morgan fingerprint density at radius 3 is 2.81 bits per heavy atom. The molecule has 1 spiro atoms. The Balaban J connectivity index is 1.92. The van der Waals surface area contributed by atoms with Gasteiger partial charge in [0.05, 0.1) is 0 Å². The number of benzene rings is 1. The number of carbonyl (C=O) groups excluding carboxylic acids is 2. The minimum absolute atomic E-state index is 0.00203. The molecule has 1 aromatic rings. The molecule has 2 aliphatic heterocycles. The van der Waals surface area contributed by atoms with E-state index in [0.717, 1.165) is 31.2 Å². The summed E-state index contributed by atoms with van der Waals surface area (Å²) in [4.78, 5) is 26.9. The maximum absolute atomic E-state index is 12.8. The summed E-state index contributed by atoms with van der Waals surface area (Å²) >= 11 is 6.12. The molecule has 0 saturated carbocycles. The van der Waals surface area contributed by atoms with Crippen molar-refractivity contribution >= 4 is 23.4 Å². The first-order valence-corrected chi connectivity index (χ1v) is 7.79. The molecule has 0 aromatic heterocycles. The number of piperidine rings is 1. The monoisotopic (exact) mass is 306 g/mol. The molecule has 0 radical (unpaired) electrons. The van der Waals surface area contributed by atoms with Crippen molar-refractivity contribution in [2.24, 2.45) is 0 Å². The SMILES string of the molecule is Cc1ccc(C(=O)N2CCCC23CCCNC3=O)cc1Cl. The molecule has 21 heavy (non-hydrogen) atoms. The number of likely N-dealkylation sites (tertiary alicyclic amines) is 1. The van der Waals surface area contributed by atoms with E-state index in [0.29, 0.717) is 23.7 Å². The second kappa shape index (κ2) is 5.34. The van der Waals surface area contributed by atoms with Gasteiger partial charge in [-0.25, -0.2) is 0 Å². The molecule has 0 aliphatic carbocycles. The van der Waals surface area contributed by atoms with Gasteiger partial charge in [-0.15, -0.1) is 0 Å². The highest BCUT2D eigenvalue weighted by molar-refractivity contribution is 6.31. The van der Waals surface area contributed by atoms with Gasteiger partial charge in [-0.05, 0) is 50.3 Å². The number of amides is 2. The predicted molar refractivity (Wildman–Crippen MR) is 81.4 cm³/mol. The van der Waals surface area contributed by atoms with Gasteiger partial charge in [0.25, 0.3) is 5.91 Å². The number of rotatable bonds is 1. The lowest BCUT2D eigenvalue weighted by atomic mass is 9.86. The largest absolute Gasteiger partial charge is 0.354 e. The molecule has 1 unspecified atom stereocenters. The van der Waals surface area contributed by atoms with Gasteiger partial charge in [-0.3, -0.25) is 9.59 Å². The summed E-state index contributed by atoms with van der Waals surface area (Å²) in [5.41, 5.74) is 0.859. The van der Waals surface area contributed by atoms with E-state index in [1.54, 1.807) is 17.0 Å². The van der Waals surface area contributed by atoms with Crippen LogP contribution in [0, 0.1) is 6.92 Å². The van der Waals surface area contributed by atoms with Crippen molar-refractivity contribution in [1.29, 1.82) is 0 Å². The second-order valence-corrected chi connectivity index (χ2v) is 6.32. The zero-order chi connectivity index (χ0) is 15.0. The Labute approximate surface area is 129 Å². The minimum atomic E-state index is -0.646. The highest BCUT2D eigenvalue weighted by Gasteiger charge is 2.50. The maximum Gasteiger partial charge on any atom is 0.254 e. The van der Waals surface area contributed by atoms with Crippen molar-refractivity contribution in [2.45, 2.75) is 38.1 Å². The van der Waals surface area contributed by atoms with E-state index in [2.05, 4.69) is 5.32 Å². The standard InChI is InChI=1S/C16H19ClN2O2/c1-11-4-5-12(10-13(11)17)14(20)19-9-3-7-16(19)6-2-8-18-15(16)21/h4-5,10H,2-3,6-9H2,1H3,(H,18,21). The number of hydrogen-bond acceptors (Lipinski definition) is 2. The van der Waals surface area contributed by atoms with Crippen LogP contribution in [-0.4, -0.2) is 35.3 Å². The molecule has 2 amide bonds. The topological polar surface area (TPSA) is 49.4 Å². The van der Waals surface area contributed by atoms with Crippen LogP contribution < -0.4 is 5.32 Å². The van der Waals surface area contributed by atoms with Crippen LogP contribution in [0.25, 0.3) is 0 Å².